The first-order chi connectivity index (χ1) is 6.97. The topological polar surface area (TPSA) is 0 Å². The Labute approximate surface area is 85.3 Å². The van der Waals surface area contributed by atoms with E-state index in [0.29, 0.717) is 0 Å². The van der Waals surface area contributed by atoms with Crippen molar-refractivity contribution >= 4 is 5.57 Å². The van der Waals surface area contributed by atoms with Crippen LogP contribution in [0.1, 0.15) is 18.4 Å². The van der Waals surface area contributed by atoms with Gasteiger partial charge < -0.3 is 0 Å². The number of hydrogen-bond donors (Lipinski definition) is 0. The summed E-state index contributed by atoms with van der Waals surface area (Å²) < 4.78 is 0. The molecule has 0 nitrogen and oxygen atoms in total. The van der Waals surface area contributed by atoms with Gasteiger partial charge in [0.25, 0.3) is 0 Å². The molecule has 1 aromatic rings. The Hall–Kier alpha value is -1.56. The fraction of sp³-hybridized carbons (Fsp3) is 0.143. The molecule has 14 heavy (non-hydrogen) atoms. The zero-order valence-corrected chi connectivity index (χ0v) is 8.19. The average Bonchev–Trinajstić information content (AvgIpc) is 2.18. The summed E-state index contributed by atoms with van der Waals surface area (Å²) in [5, 5.41) is 0. The zero-order valence-electron chi connectivity index (χ0n) is 8.19. The standard InChI is InChI=1S/C14H14/c1-2-5-9-13(10-6-3-1)14-11-7-4-8-12-14/h1-2,4-5,7-12H,3,6H2. The van der Waals surface area contributed by atoms with Gasteiger partial charge in [0.2, 0.25) is 0 Å². The van der Waals surface area contributed by atoms with E-state index in [2.05, 4.69) is 60.7 Å². The molecule has 0 bridgehead atoms. The lowest BCUT2D eigenvalue weighted by atomic mass is 10.0. The lowest BCUT2D eigenvalue weighted by Gasteiger charge is -2.03. The summed E-state index contributed by atoms with van der Waals surface area (Å²) in [4.78, 5) is 0. The predicted octanol–water partition coefficient (Wildman–Crippen LogP) is 3.98. The fourth-order valence-corrected chi connectivity index (χ4v) is 1.58. The highest BCUT2D eigenvalue weighted by Gasteiger charge is 1.96. The van der Waals surface area contributed by atoms with Gasteiger partial charge in [-0.15, -0.1) is 0 Å². The minimum absolute atomic E-state index is 1.13. The van der Waals surface area contributed by atoms with E-state index < -0.39 is 0 Å². The molecule has 0 unspecified atom stereocenters. The van der Waals surface area contributed by atoms with Crippen molar-refractivity contribution in [2.45, 2.75) is 12.8 Å². The smallest absolute Gasteiger partial charge is 0.0187 e. The molecule has 0 aliphatic heterocycles. The van der Waals surface area contributed by atoms with Crippen LogP contribution in [0.15, 0.2) is 60.7 Å². The van der Waals surface area contributed by atoms with Crippen molar-refractivity contribution in [3.05, 3.63) is 66.3 Å². The maximum Gasteiger partial charge on any atom is -0.0187 e. The third-order valence-corrected chi connectivity index (χ3v) is 2.33. The summed E-state index contributed by atoms with van der Waals surface area (Å²) in [5.41, 5.74) is 2.63. The Kier molecular flexibility index (Phi) is 2.97. The molecule has 0 saturated heterocycles. The maximum atomic E-state index is 2.30. The van der Waals surface area contributed by atoms with Gasteiger partial charge in [-0.3, -0.25) is 0 Å². The van der Waals surface area contributed by atoms with Crippen molar-refractivity contribution in [1.29, 1.82) is 0 Å². The lowest BCUT2D eigenvalue weighted by Crippen LogP contribution is -1.81. The van der Waals surface area contributed by atoms with Crippen molar-refractivity contribution in [2.75, 3.05) is 0 Å². The second kappa shape index (κ2) is 4.61. The molecule has 0 saturated carbocycles. The summed E-state index contributed by atoms with van der Waals surface area (Å²) >= 11 is 0. The molecule has 1 aliphatic carbocycles. The molecule has 0 aromatic heterocycles. The molecule has 0 heteroatoms. The Morgan fingerprint density at radius 1 is 0.857 bits per heavy atom. The van der Waals surface area contributed by atoms with E-state index in [-0.39, 0.29) is 0 Å². The van der Waals surface area contributed by atoms with Crippen molar-refractivity contribution < 1.29 is 0 Å². The van der Waals surface area contributed by atoms with E-state index in [9.17, 15) is 0 Å². The molecular formula is C14H14. The minimum Gasteiger partial charge on any atom is -0.0842 e. The van der Waals surface area contributed by atoms with Gasteiger partial charge >= 0.3 is 0 Å². The van der Waals surface area contributed by atoms with Gasteiger partial charge in [-0.05, 0) is 24.0 Å². The second-order valence-electron chi connectivity index (χ2n) is 3.39. The Morgan fingerprint density at radius 2 is 1.71 bits per heavy atom. The Balaban J connectivity index is 2.29. The third-order valence-electron chi connectivity index (χ3n) is 2.33. The van der Waals surface area contributed by atoms with Gasteiger partial charge in [0, 0.05) is 0 Å². The molecule has 0 heterocycles. The normalized spacial score (nSPS) is 15.9. The minimum atomic E-state index is 1.13. The van der Waals surface area contributed by atoms with Crippen molar-refractivity contribution in [2.24, 2.45) is 0 Å². The zero-order chi connectivity index (χ0) is 9.64. The van der Waals surface area contributed by atoms with Gasteiger partial charge in [-0.1, -0.05) is 60.7 Å². The molecule has 0 radical (unpaired) electrons. The number of benzene rings is 1. The van der Waals surface area contributed by atoms with Crippen LogP contribution in [0.3, 0.4) is 0 Å². The molecule has 1 aromatic carbocycles. The fourth-order valence-electron chi connectivity index (χ4n) is 1.58. The molecule has 70 valence electrons. The Morgan fingerprint density at radius 3 is 2.57 bits per heavy atom. The monoisotopic (exact) mass is 182 g/mol. The van der Waals surface area contributed by atoms with E-state index in [0.717, 1.165) is 12.8 Å². The lowest BCUT2D eigenvalue weighted by molar-refractivity contribution is 1.05. The van der Waals surface area contributed by atoms with Gasteiger partial charge in [-0.25, -0.2) is 0 Å². The van der Waals surface area contributed by atoms with Crippen LogP contribution in [0, 0.1) is 0 Å². The summed E-state index contributed by atoms with van der Waals surface area (Å²) in [6.07, 6.45) is 13.2. The van der Waals surface area contributed by atoms with E-state index in [1.54, 1.807) is 0 Å². The van der Waals surface area contributed by atoms with Gasteiger partial charge in [-0.2, -0.15) is 0 Å². The quantitative estimate of drug-likeness (QED) is 0.616. The average molecular weight is 182 g/mol. The van der Waals surface area contributed by atoms with E-state index >= 15 is 0 Å². The number of allylic oxidation sites excluding steroid dienone is 6. The van der Waals surface area contributed by atoms with Gasteiger partial charge in [0.15, 0.2) is 0 Å². The Bertz CT molecular complexity index is 366. The molecule has 0 atom stereocenters. The van der Waals surface area contributed by atoms with Crippen molar-refractivity contribution in [1.82, 2.24) is 0 Å². The SMILES string of the molecule is C1=CCCC=C(c2ccccc2)C=C1. The third kappa shape index (κ3) is 2.23. The summed E-state index contributed by atoms with van der Waals surface area (Å²) in [5.74, 6) is 0. The summed E-state index contributed by atoms with van der Waals surface area (Å²) in [6.45, 7) is 0. The summed E-state index contributed by atoms with van der Waals surface area (Å²) in [6, 6.07) is 10.5. The summed E-state index contributed by atoms with van der Waals surface area (Å²) in [7, 11) is 0. The molecule has 2 rings (SSSR count). The molecular weight excluding hydrogens is 168 g/mol. The first-order valence-electron chi connectivity index (χ1n) is 5.05. The van der Waals surface area contributed by atoms with Gasteiger partial charge in [0.05, 0.1) is 0 Å². The number of hydrogen-bond acceptors (Lipinski definition) is 0. The van der Waals surface area contributed by atoms with Crippen LogP contribution in [-0.4, -0.2) is 0 Å². The van der Waals surface area contributed by atoms with E-state index in [1.165, 1.54) is 11.1 Å². The molecule has 0 fully saturated rings. The predicted molar refractivity (Wildman–Crippen MR) is 61.9 cm³/mol. The highest BCUT2D eigenvalue weighted by Crippen LogP contribution is 2.18. The first kappa shape index (κ1) is 9.01. The van der Waals surface area contributed by atoms with Crippen LogP contribution in [0.2, 0.25) is 0 Å². The van der Waals surface area contributed by atoms with Crippen LogP contribution in [0.4, 0.5) is 0 Å². The van der Waals surface area contributed by atoms with Crippen LogP contribution in [-0.2, 0) is 0 Å². The molecule has 0 spiro atoms. The maximum absolute atomic E-state index is 2.30. The van der Waals surface area contributed by atoms with E-state index in [4.69, 9.17) is 0 Å². The molecule has 1 aliphatic rings. The second-order valence-corrected chi connectivity index (χ2v) is 3.39. The van der Waals surface area contributed by atoms with Crippen LogP contribution < -0.4 is 0 Å². The highest BCUT2D eigenvalue weighted by molar-refractivity contribution is 5.74. The number of rotatable bonds is 1. The molecule has 0 amide bonds. The first-order valence-corrected chi connectivity index (χ1v) is 5.05. The van der Waals surface area contributed by atoms with Gasteiger partial charge in [0.1, 0.15) is 0 Å². The largest absolute Gasteiger partial charge is 0.0842 e. The van der Waals surface area contributed by atoms with Crippen molar-refractivity contribution in [3.63, 3.8) is 0 Å². The highest BCUT2D eigenvalue weighted by atomic mass is 14.0. The van der Waals surface area contributed by atoms with Crippen LogP contribution in [0.25, 0.3) is 5.57 Å². The van der Waals surface area contributed by atoms with Crippen molar-refractivity contribution in [3.8, 4) is 0 Å². The van der Waals surface area contributed by atoms with Crippen LogP contribution >= 0.6 is 0 Å². The molecule has 0 N–H and O–H groups in total. The van der Waals surface area contributed by atoms with Crippen LogP contribution in [0.5, 0.6) is 0 Å². The van der Waals surface area contributed by atoms with E-state index in [1.807, 2.05) is 0 Å².